The molecule has 0 amide bonds. The molecule has 11 heteroatoms. The molecular weight excluding hydrogens is 456 g/mol. The molecular formula is C12F10Sb. The molecule has 0 N–H and O–H groups in total. The van der Waals surface area contributed by atoms with Gasteiger partial charge in [-0.3, -0.25) is 0 Å². The molecule has 2 rings (SSSR count). The number of hydrogen-bond donors (Lipinski definition) is 0. The molecule has 23 heavy (non-hydrogen) atoms. The van der Waals surface area contributed by atoms with Gasteiger partial charge >= 0.3 is 131 Å². The molecule has 123 valence electrons. The fourth-order valence-electron chi connectivity index (χ4n) is 1.49. The zero-order valence-electron chi connectivity index (χ0n) is 10.2. The molecule has 1 radical (unpaired) electrons. The monoisotopic (exact) mass is 455 g/mol. The van der Waals surface area contributed by atoms with Crippen LogP contribution < -0.4 is 7.02 Å². The van der Waals surface area contributed by atoms with Crippen LogP contribution in [0.5, 0.6) is 0 Å². The van der Waals surface area contributed by atoms with E-state index in [4.69, 9.17) is 0 Å². The van der Waals surface area contributed by atoms with Crippen molar-refractivity contribution in [2.24, 2.45) is 0 Å². The molecule has 2 aromatic rings. The molecule has 0 unspecified atom stereocenters. The van der Waals surface area contributed by atoms with Crippen LogP contribution in [0, 0.1) is 58.2 Å². The van der Waals surface area contributed by atoms with Crippen molar-refractivity contribution in [1.29, 1.82) is 0 Å². The van der Waals surface area contributed by atoms with Crippen molar-refractivity contribution in [3.05, 3.63) is 58.2 Å². The van der Waals surface area contributed by atoms with Gasteiger partial charge < -0.3 is 0 Å². The van der Waals surface area contributed by atoms with Gasteiger partial charge in [-0.1, -0.05) is 0 Å². The Morgan fingerprint density at radius 1 is 0.304 bits per heavy atom. The van der Waals surface area contributed by atoms with Crippen LogP contribution >= 0.6 is 0 Å². The second kappa shape index (κ2) is 6.22. The van der Waals surface area contributed by atoms with Crippen LogP contribution in [-0.4, -0.2) is 21.6 Å². The van der Waals surface area contributed by atoms with Crippen LogP contribution in [0.3, 0.4) is 0 Å². The van der Waals surface area contributed by atoms with E-state index in [1.807, 2.05) is 0 Å². The van der Waals surface area contributed by atoms with E-state index in [-0.39, 0.29) is 0 Å². The van der Waals surface area contributed by atoms with Crippen LogP contribution in [0.15, 0.2) is 0 Å². The minimum absolute atomic E-state index is 1.58. The second-order valence-electron chi connectivity index (χ2n) is 3.95. The van der Waals surface area contributed by atoms with Gasteiger partial charge in [-0.15, -0.1) is 0 Å². The molecule has 0 heterocycles. The molecule has 0 aliphatic rings. The van der Waals surface area contributed by atoms with Crippen molar-refractivity contribution in [2.75, 3.05) is 0 Å². The summed E-state index contributed by atoms with van der Waals surface area (Å²) in [5.41, 5.74) is 0. The van der Waals surface area contributed by atoms with Gasteiger partial charge in [-0.05, 0) is 0 Å². The SMILES string of the molecule is Fc1c(F)c(F)[c]([Sb][c]2c(F)c(F)c(F)c(F)c2F)c(F)c1F. The molecule has 0 atom stereocenters. The van der Waals surface area contributed by atoms with E-state index in [1.54, 1.807) is 0 Å². The summed E-state index contributed by atoms with van der Waals surface area (Å²) in [5.74, 6) is -24.0. The van der Waals surface area contributed by atoms with Crippen molar-refractivity contribution >= 4 is 28.6 Å². The summed E-state index contributed by atoms with van der Waals surface area (Å²) < 4.78 is 128. The van der Waals surface area contributed by atoms with Crippen molar-refractivity contribution < 1.29 is 43.9 Å². The molecule has 0 aromatic heterocycles. The van der Waals surface area contributed by atoms with Crippen LogP contribution in [-0.2, 0) is 0 Å². The van der Waals surface area contributed by atoms with Crippen LogP contribution in [0.25, 0.3) is 0 Å². The fourth-order valence-corrected chi connectivity index (χ4v) is 4.37. The Labute approximate surface area is 131 Å². The van der Waals surface area contributed by atoms with Crippen molar-refractivity contribution in [3.8, 4) is 0 Å². The summed E-state index contributed by atoms with van der Waals surface area (Å²) in [7, 11) is 0. The topological polar surface area (TPSA) is 0 Å². The Morgan fingerprint density at radius 2 is 0.478 bits per heavy atom. The van der Waals surface area contributed by atoms with E-state index in [9.17, 15) is 43.9 Å². The van der Waals surface area contributed by atoms with E-state index < -0.39 is 86.8 Å². The van der Waals surface area contributed by atoms with Gasteiger partial charge in [0.1, 0.15) is 0 Å². The number of rotatable bonds is 2. The van der Waals surface area contributed by atoms with Gasteiger partial charge in [-0.2, -0.15) is 0 Å². The molecule has 0 aliphatic heterocycles. The fraction of sp³-hybridized carbons (Fsp3) is 0. The predicted octanol–water partition coefficient (Wildman–Crippen LogP) is 2.73. The molecule has 0 spiro atoms. The van der Waals surface area contributed by atoms with E-state index in [0.717, 1.165) is 0 Å². The zero-order valence-corrected chi connectivity index (χ0v) is 12.8. The normalized spacial score (nSPS) is 11.2. The Balaban J connectivity index is 2.71. The summed E-state index contributed by atoms with van der Waals surface area (Å²) in [5, 5.41) is 0. The van der Waals surface area contributed by atoms with Gasteiger partial charge in [0.05, 0.1) is 0 Å². The standard InChI is InChI=1S/2C6F5.Sb/c2*7-2-1-3(8)5(10)6(11)4(2)9;. The molecule has 0 aliphatic carbocycles. The summed E-state index contributed by atoms with van der Waals surface area (Å²) in [6, 6.07) is 0. The average Bonchev–Trinajstić information content (AvgIpc) is 2.54. The second-order valence-corrected chi connectivity index (χ2v) is 7.14. The Hall–Kier alpha value is -1.44. The summed E-state index contributed by atoms with van der Waals surface area (Å²) in [6.45, 7) is 0. The first-order valence-corrected chi connectivity index (χ1v) is 7.89. The summed E-state index contributed by atoms with van der Waals surface area (Å²) >= 11 is -3.38. The molecule has 0 fully saturated rings. The minimum atomic E-state index is -3.38. The average molecular weight is 456 g/mol. The van der Waals surface area contributed by atoms with E-state index in [0.29, 0.717) is 0 Å². The maximum atomic E-state index is 13.4. The van der Waals surface area contributed by atoms with Gasteiger partial charge in [0.25, 0.3) is 0 Å². The van der Waals surface area contributed by atoms with Crippen LogP contribution in [0.4, 0.5) is 43.9 Å². The Morgan fingerprint density at radius 3 is 0.696 bits per heavy atom. The molecule has 0 bridgehead atoms. The summed E-state index contributed by atoms with van der Waals surface area (Å²) in [4.78, 5) is 0. The van der Waals surface area contributed by atoms with Crippen molar-refractivity contribution in [1.82, 2.24) is 0 Å². The first-order valence-electron chi connectivity index (χ1n) is 5.34. The zero-order chi connectivity index (χ0) is 17.6. The maximum absolute atomic E-state index is 13.4. The number of halogens is 10. The van der Waals surface area contributed by atoms with Crippen molar-refractivity contribution in [2.45, 2.75) is 0 Å². The van der Waals surface area contributed by atoms with Crippen LogP contribution in [0.1, 0.15) is 0 Å². The summed E-state index contributed by atoms with van der Waals surface area (Å²) in [6.07, 6.45) is 0. The predicted molar refractivity (Wildman–Crippen MR) is 57.5 cm³/mol. The number of benzene rings is 2. The molecule has 0 saturated carbocycles. The Bertz CT molecular complexity index is 691. The van der Waals surface area contributed by atoms with Crippen molar-refractivity contribution in [3.63, 3.8) is 0 Å². The van der Waals surface area contributed by atoms with Gasteiger partial charge in [0, 0.05) is 0 Å². The first kappa shape index (κ1) is 17.9. The van der Waals surface area contributed by atoms with E-state index in [2.05, 4.69) is 0 Å². The molecule has 0 saturated heterocycles. The first-order chi connectivity index (χ1) is 10.6. The molecule has 2 aromatic carbocycles. The Kier molecular flexibility index (Phi) is 4.84. The quantitative estimate of drug-likeness (QED) is 0.283. The van der Waals surface area contributed by atoms with Gasteiger partial charge in [0.15, 0.2) is 0 Å². The van der Waals surface area contributed by atoms with E-state index in [1.165, 1.54) is 0 Å². The van der Waals surface area contributed by atoms with E-state index >= 15 is 0 Å². The molecule has 0 nitrogen and oxygen atoms in total. The third-order valence-corrected chi connectivity index (χ3v) is 6.11. The van der Waals surface area contributed by atoms with Crippen LogP contribution in [0.2, 0.25) is 0 Å². The van der Waals surface area contributed by atoms with Gasteiger partial charge in [0.2, 0.25) is 0 Å². The number of hydrogen-bond acceptors (Lipinski definition) is 0. The third kappa shape index (κ3) is 2.77. The third-order valence-electron chi connectivity index (χ3n) is 2.60. The van der Waals surface area contributed by atoms with Gasteiger partial charge in [-0.25, -0.2) is 0 Å².